The van der Waals surface area contributed by atoms with Crippen molar-refractivity contribution in [1.29, 1.82) is 0 Å². The minimum Gasteiger partial charge on any atom is -0.462 e. The quantitative estimate of drug-likeness (QED) is 0.656. The number of hydrogen-bond donors (Lipinski definition) is 0. The van der Waals surface area contributed by atoms with Crippen LogP contribution in [0.3, 0.4) is 0 Å². The minimum absolute atomic E-state index is 0.0436. The molecule has 0 unspecified atom stereocenters. The summed E-state index contributed by atoms with van der Waals surface area (Å²) in [5.41, 5.74) is 0.0570. The number of ether oxygens (including phenoxy) is 1. The van der Waals surface area contributed by atoms with Gasteiger partial charge in [-0.3, -0.25) is 4.90 Å². The fraction of sp³-hybridized carbons (Fsp3) is 0.375. The largest absolute Gasteiger partial charge is 0.462 e. The topological polar surface area (TPSA) is 47.4 Å². The molecule has 25 heavy (non-hydrogen) atoms. The highest BCUT2D eigenvalue weighted by Gasteiger charge is 2.26. The molecule has 1 aromatic carbocycles. The molecule has 0 amide bonds. The minimum atomic E-state index is -2.86. The number of hydrogen-bond acceptors (Lipinski definition) is 4. The zero-order valence-electron chi connectivity index (χ0n) is 13.7. The summed E-state index contributed by atoms with van der Waals surface area (Å²) >= 11 is 12.1. The second-order valence-electron chi connectivity index (χ2n) is 5.33. The second-order valence-corrected chi connectivity index (χ2v) is 6.12. The summed E-state index contributed by atoms with van der Waals surface area (Å²) < 4.78 is 32.7. The summed E-state index contributed by atoms with van der Waals surface area (Å²) in [5.74, 6) is -0.815. The maximum atomic E-state index is 13.4. The van der Waals surface area contributed by atoms with Crippen LogP contribution >= 0.6 is 23.2 Å². The van der Waals surface area contributed by atoms with Crippen molar-refractivity contribution < 1.29 is 18.3 Å². The van der Waals surface area contributed by atoms with Crippen molar-refractivity contribution in [1.82, 2.24) is 14.7 Å². The Labute approximate surface area is 154 Å². The van der Waals surface area contributed by atoms with Crippen molar-refractivity contribution in [2.24, 2.45) is 0 Å². The summed E-state index contributed by atoms with van der Waals surface area (Å²) in [6.07, 6.45) is -1.76. The van der Waals surface area contributed by atoms with Gasteiger partial charge in [-0.25, -0.2) is 18.3 Å². The summed E-state index contributed by atoms with van der Waals surface area (Å²) in [7, 11) is 1.72. The first kappa shape index (κ1) is 19.6. The van der Waals surface area contributed by atoms with Crippen LogP contribution in [0.5, 0.6) is 0 Å². The SMILES string of the molecule is CCOC(=O)c1cnn(CN(C)Cc2cccc(Cl)c2Cl)c1C(F)F. The Morgan fingerprint density at radius 1 is 1.40 bits per heavy atom. The molecule has 0 aliphatic carbocycles. The van der Waals surface area contributed by atoms with Gasteiger partial charge in [0.25, 0.3) is 6.43 Å². The summed E-state index contributed by atoms with van der Waals surface area (Å²) in [4.78, 5) is 13.5. The molecule has 0 spiro atoms. The number of aromatic nitrogens is 2. The van der Waals surface area contributed by atoms with Crippen molar-refractivity contribution in [3.8, 4) is 0 Å². The van der Waals surface area contributed by atoms with Gasteiger partial charge in [0.15, 0.2) is 0 Å². The van der Waals surface area contributed by atoms with E-state index in [-0.39, 0.29) is 18.8 Å². The number of carbonyl (C=O) groups is 1. The van der Waals surface area contributed by atoms with E-state index in [4.69, 9.17) is 27.9 Å². The van der Waals surface area contributed by atoms with Crippen molar-refractivity contribution in [2.45, 2.75) is 26.6 Å². The summed E-state index contributed by atoms with van der Waals surface area (Å²) in [6, 6.07) is 5.22. The first-order valence-electron chi connectivity index (χ1n) is 7.47. The normalized spacial score (nSPS) is 11.4. The molecule has 0 saturated carbocycles. The Balaban J connectivity index is 2.19. The molecule has 5 nitrogen and oxygen atoms in total. The number of nitrogens with zero attached hydrogens (tertiary/aromatic N) is 3. The molecule has 0 aliphatic heterocycles. The van der Waals surface area contributed by atoms with Gasteiger partial charge in [-0.15, -0.1) is 0 Å². The second kappa shape index (κ2) is 8.60. The van der Waals surface area contributed by atoms with Crippen LogP contribution in [0, 0.1) is 0 Å². The molecule has 0 N–H and O–H groups in total. The lowest BCUT2D eigenvalue weighted by Gasteiger charge is -2.19. The Morgan fingerprint density at radius 2 is 2.12 bits per heavy atom. The van der Waals surface area contributed by atoms with Gasteiger partial charge in [-0.05, 0) is 25.6 Å². The number of alkyl halides is 2. The smallest absolute Gasteiger partial charge is 0.341 e. The van der Waals surface area contributed by atoms with Crippen LogP contribution in [-0.4, -0.2) is 34.3 Å². The third-order valence-corrected chi connectivity index (χ3v) is 4.29. The monoisotopic (exact) mass is 391 g/mol. The highest BCUT2D eigenvalue weighted by molar-refractivity contribution is 6.42. The van der Waals surface area contributed by atoms with E-state index < -0.39 is 18.1 Å². The zero-order chi connectivity index (χ0) is 18.6. The lowest BCUT2D eigenvalue weighted by molar-refractivity contribution is 0.0512. The maximum absolute atomic E-state index is 13.4. The Morgan fingerprint density at radius 3 is 2.76 bits per heavy atom. The highest BCUT2D eigenvalue weighted by atomic mass is 35.5. The van der Waals surface area contributed by atoms with Gasteiger partial charge in [-0.1, -0.05) is 35.3 Å². The van der Waals surface area contributed by atoms with Crippen LogP contribution in [-0.2, 0) is 18.0 Å². The van der Waals surface area contributed by atoms with Crippen LogP contribution in [0.4, 0.5) is 8.78 Å². The van der Waals surface area contributed by atoms with Gasteiger partial charge in [0.05, 0.1) is 29.5 Å². The molecular weight excluding hydrogens is 375 g/mol. The van der Waals surface area contributed by atoms with E-state index in [2.05, 4.69) is 5.10 Å². The fourth-order valence-corrected chi connectivity index (χ4v) is 2.72. The number of esters is 1. The molecule has 0 saturated heterocycles. The highest BCUT2D eigenvalue weighted by Crippen LogP contribution is 2.27. The predicted octanol–water partition coefficient (Wildman–Crippen LogP) is 4.39. The van der Waals surface area contributed by atoms with Gasteiger partial charge in [0.1, 0.15) is 11.3 Å². The number of halogens is 4. The third kappa shape index (κ3) is 4.68. The molecule has 0 atom stereocenters. The molecule has 0 aliphatic rings. The average Bonchev–Trinajstić information content (AvgIpc) is 2.96. The fourth-order valence-electron chi connectivity index (χ4n) is 2.34. The zero-order valence-corrected chi connectivity index (χ0v) is 15.2. The van der Waals surface area contributed by atoms with Crippen molar-refractivity contribution in [3.05, 3.63) is 51.3 Å². The van der Waals surface area contributed by atoms with Gasteiger partial charge >= 0.3 is 5.97 Å². The van der Waals surface area contributed by atoms with Gasteiger partial charge in [0.2, 0.25) is 0 Å². The van der Waals surface area contributed by atoms with Gasteiger partial charge in [-0.2, -0.15) is 5.10 Å². The maximum Gasteiger partial charge on any atom is 0.341 e. The van der Waals surface area contributed by atoms with Gasteiger partial charge < -0.3 is 4.74 Å². The average molecular weight is 392 g/mol. The number of benzene rings is 1. The molecular formula is C16H17Cl2F2N3O2. The molecule has 1 aromatic heterocycles. The van der Waals surface area contributed by atoms with Crippen LogP contribution in [0.2, 0.25) is 10.0 Å². The van der Waals surface area contributed by atoms with E-state index in [1.54, 1.807) is 37.1 Å². The first-order valence-corrected chi connectivity index (χ1v) is 8.23. The van der Waals surface area contributed by atoms with Crippen molar-refractivity contribution in [2.75, 3.05) is 13.7 Å². The summed E-state index contributed by atoms with van der Waals surface area (Å²) in [5, 5.41) is 4.73. The molecule has 136 valence electrons. The van der Waals surface area contributed by atoms with Crippen molar-refractivity contribution in [3.63, 3.8) is 0 Å². The van der Waals surface area contributed by atoms with Crippen LogP contribution in [0.1, 0.15) is 35.0 Å². The van der Waals surface area contributed by atoms with Crippen LogP contribution < -0.4 is 0 Å². The Hall–Kier alpha value is -1.70. The molecule has 2 rings (SSSR count). The molecule has 0 radical (unpaired) electrons. The van der Waals surface area contributed by atoms with Gasteiger partial charge in [0, 0.05) is 6.54 Å². The van der Waals surface area contributed by atoms with E-state index >= 15 is 0 Å². The number of rotatable bonds is 7. The van der Waals surface area contributed by atoms with Crippen molar-refractivity contribution >= 4 is 29.2 Å². The molecule has 0 fully saturated rings. The first-order chi connectivity index (χ1) is 11.8. The standard InChI is InChI=1S/C16H17Cl2F2N3O2/c1-3-25-16(24)11-7-21-23(14(11)15(19)20)9-22(2)8-10-5-4-6-12(17)13(10)18/h4-7,15H,3,8-9H2,1-2H3. The van der Waals surface area contributed by atoms with E-state index in [0.717, 1.165) is 16.4 Å². The lowest BCUT2D eigenvalue weighted by Crippen LogP contribution is -2.24. The third-order valence-electron chi connectivity index (χ3n) is 3.43. The predicted molar refractivity (Wildman–Crippen MR) is 91.1 cm³/mol. The molecule has 1 heterocycles. The van der Waals surface area contributed by atoms with E-state index in [1.165, 1.54) is 0 Å². The summed E-state index contributed by atoms with van der Waals surface area (Å²) in [6.45, 7) is 2.12. The van der Waals surface area contributed by atoms with E-state index in [1.807, 2.05) is 0 Å². The molecule has 2 aromatic rings. The van der Waals surface area contributed by atoms with E-state index in [9.17, 15) is 13.6 Å². The Bertz CT molecular complexity index is 753. The molecule has 0 bridgehead atoms. The Kier molecular flexibility index (Phi) is 6.75. The molecule has 9 heteroatoms. The van der Waals surface area contributed by atoms with E-state index in [0.29, 0.717) is 16.6 Å². The number of carbonyl (C=O) groups excluding carboxylic acids is 1. The lowest BCUT2D eigenvalue weighted by atomic mass is 10.2. The van der Waals surface area contributed by atoms with Crippen LogP contribution in [0.25, 0.3) is 0 Å². The van der Waals surface area contributed by atoms with Crippen LogP contribution in [0.15, 0.2) is 24.4 Å².